The van der Waals surface area contributed by atoms with Crippen LogP contribution in [0, 0.1) is 0 Å². The predicted octanol–water partition coefficient (Wildman–Crippen LogP) is 4.37. The van der Waals surface area contributed by atoms with Crippen molar-refractivity contribution in [3.05, 3.63) is 54.1 Å². The molecule has 1 aliphatic carbocycles. The number of carbonyl (C=O) groups is 1. The van der Waals surface area contributed by atoms with Gasteiger partial charge in [-0.15, -0.1) is 0 Å². The number of carboxylic acid groups (broad SMARTS) is 1. The summed E-state index contributed by atoms with van der Waals surface area (Å²) in [6.45, 7) is 1.69. The fourth-order valence-electron chi connectivity index (χ4n) is 3.27. The number of rotatable bonds is 4. The number of nitrogens with zero attached hydrogens (tertiary/aromatic N) is 1. The van der Waals surface area contributed by atoms with Gasteiger partial charge in [-0.05, 0) is 42.7 Å². The number of carboxylic acids is 1. The lowest BCUT2D eigenvalue weighted by Crippen LogP contribution is -2.39. The van der Waals surface area contributed by atoms with Crippen LogP contribution in [0.4, 0.5) is 0 Å². The van der Waals surface area contributed by atoms with Crippen molar-refractivity contribution in [1.29, 1.82) is 0 Å². The van der Waals surface area contributed by atoms with Gasteiger partial charge in [-0.25, -0.2) is 4.98 Å². The maximum Gasteiger partial charge on any atom is 0.300 e. The molecule has 6 heteroatoms. The van der Waals surface area contributed by atoms with Gasteiger partial charge in [0.05, 0.1) is 12.7 Å². The van der Waals surface area contributed by atoms with E-state index < -0.39 is 5.97 Å². The highest BCUT2D eigenvalue weighted by Crippen LogP contribution is 2.25. The second-order valence-electron chi connectivity index (χ2n) is 7.00. The summed E-state index contributed by atoms with van der Waals surface area (Å²) in [5.74, 6) is -0.182. The van der Waals surface area contributed by atoms with Crippen LogP contribution < -0.4 is 5.73 Å². The van der Waals surface area contributed by atoms with Crippen LogP contribution in [0.2, 0.25) is 0 Å². The van der Waals surface area contributed by atoms with Crippen molar-refractivity contribution in [3.8, 4) is 11.5 Å². The first kappa shape index (κ1) is 20.0. The molecule has 0 spiro atoms. The van der Waals surface area contributed by atoms with E-state index in [2.05, 4.69) is 17.1 Å². The Kier molecular flexibility index (Phi) is 6.79. The molecule has 0 unspecified atom stereocenters. The van der Waals surface area contributed by atoms with Crippen molar-refractivity contribution in [2.24, 2.45) is 5.73 Å². The van der Waals surface area contributed by atoms with Crippen LogP contribution in [0.1, 0.15) is 38.2 Å². The number of hydrogen-bond acceptors (Lipinski definition) is 5. The maximum atomic E-state index is 9.00. The zero-order chi connectivity index (χ0) is 19.9. The molecule has 1 heterocycles. The van der Waals surface area contributed by atoms with E-state index >= 15 is 0 Å². The fourth-order valence-corrected chi connectivity index (χ4v) is 3.27. The van der Waals surface area contributed by atoms with Gasteiger partial charge >= 0.3 is 0 Å². The monoisotopic (exact) mass is 382 g/mol. The molecule has 148 valence electrons. The number of hydrogen-bond donors (Lipinski definition) is 2. The van der Waals surface area contributed by atoms with Crippen LogP contribution in [-0.4, -0.2) is 28.2 Å². The minimum absolute atomic E-state index is 0.178. The number of oxazole rings is 1. The van der Waals surface area contributed by atoms with E-state index in [1.54, 1.807) is 0 Å². The number of nitrogens with two attached hydrogens (primary N) is 1. The zero-order valence-corrected chi connectivity index (χ0v) is 16.0. The van der Waals surface area contributed by atoms with Crippen molar-refractivity contribution in [2.75, 3.05) is 0 Å². The summed E-state index contributed by atoms with van der Waals surface area (Å²) >= 11 is 0. The summed E-state index contributed by atoms with van der Waals surface area (Å²) in [5, 5.41) is 7.42. The predicted molar refractivity (Wildman–Crippen MR) is 108 cm³/mol. The second kappa shape index (κ2) is 9.48. The Morgan fingerprint density at radius 1 is 1.18 bits per heavy atom. The van der Waals surface area contributed by atoms with Crippen LogP contribution >= 0.6 is 0 Å². The standard InChI is InChI=1S/C20H22N2O2.C2H4O2/c21-16-5-1-3-7-18(16)23-13-14-9-11-15(12-10-14)20-22-17-6-2-4-8-19(17)24-20;1-2(3)4/h2,4,6,8-12,16,18H,1,3,5,7,13,21H2;1H3,(H,3,4)/t16-,18-;/m0./s1. The Hall–Kier alpha value is -2.70. The number of benzene rings is 2. The van der Waals surface area contributed by atoms with Crippen molar-refractivity contribution >= 4 is 17.1 Å². The number of aliphatic carboxylic acids is 1. The first-order valence-corrected chi connectivity index (χ1v) is 9.54. The van der Waals surface area contributed by atoms with Gasteiger partial charge in [-0.3, -0.25) is 4.79 Å². The Morgan fingerprint density at radius 2 is 1.86 bits per heavy atom. The van der Waals surface area contributed by atoms with E-state index in [9.17, 15) is 0 Å². The van der Waals surface area contributed by atoms with Crippen molar-refractivity contribution in [1.82, 2.24) is 4.98 Å². The Bertz CT molecular complexity index is 867. The van der Waals surface area contributed by atoms with E-state index in [1.807, 2.05) is 36.4 Å². The molecule has 3 aromatic rings. The molecule has 1 fully saturated rings. The largest absolute Gasteiger partial charge is 0.481 e. The molecule has 0 radical (unpaired) electrons. The Morgan fingerprint density at radius 3 is 2.54 bits per heavy atom. The lowest BCUT2D eigenvalue weighted by molar-refractivity contribution is -0.134. The van der Waals surface area contributed by atoms with Gasteiger partial charge in [0.25, 0.3) is 5.97 Å². The molecule has 1 aromatic heterocycles. The first-order valence-electron chi connectivity index (χ1n) is 9.54. The highest BCUT2D eigenvalue weighted by molar-refractivity contribution is 5.75. The lowest BCUT2D eigenvalue weighted by atomic mass is 9.93. The third kappa shape index (κ3) is 5.41. The molecule has 2 atom stereocenters. The maximum absolute atomic E-state index is 9.00. The summed E-state index contributed by atoms with van der Waals surface area (Å²) in [4.78, 5) is 13.5. The molecule has 1 aliphatic rings. The van der Waals surface area contributed by atoms with Gasteiger partial charge in [-0.2, -0.15) is 0 Å². The number of aromatic nitrogens is 1. The summed E-state index contributed by atoms with van der Waals surface area (Å²) in [7, 11) is 0. The van der Waals surface area contributed by atoms with E-state index in [1.165, 1.54) is 12.8 Å². The van der Waals surface area contributed by atoms with Crippen LogP contribution in [0.3, 0.4) is 0 Å². The molecule has 2 aromatic carbocycles. The molecule has 0 aliphatic heterocycles. The van der Waals surface area contributed by atoms with Gasteiger partial charge < -0.3 is 20.0 Å². The highest BCUT2D eigenvalue weighted by Gasteiger charge is 2.22. The molecular weight excluding hydrogens is 356 g/mol. The highest BCUT2D eigenvalue weighted by atomic mass is 16.5. The quantitative estimate of drug-likeness (QED) is 0.695. The van der Waals surface area contributed by atoms with E-state index in [-0.39, 0.29) is 12.1 Å². The van der Waals surface area contributed by atoms with E-state index in [0.717, 1.165) is 42.0 Å². The Labute approximate surface area is 164 Å². The molecular formula is C22H26N2O4. The molecule has 1 saturated carbocycles. The Balaban J connectivity index is 0.000000516. The smallest absolute Gasteiger partial charge is 0.300 e. The lowest BCUT2D eigenvalue weighted by Gasteiger charge is -2.28. The number of ether oxygens (including phenoxy) is 1. The van der Waals surface area contributed by atoms with Crippen LogP contribution in [-0.2, 0) is 16.1 Å². The van der Waals surface area contributed by atoms with Crippen molar-refractivity contribution < 1.29 is 19.1 Å². The minimum atomic E-state index is -0.833. The van der Waals surface area contributed by atoms with Gasteiger partial charge in [-0.1, -0.05) is 37.1 Å². The average molecular weight is 382 g/mol. The normalized spacial score (nSPS) is 19.1. The molecule has 6 nitrogen and oxygen atoms in total. The topological polar surface area (TPSA) is 98.6 Å². The average Bonchev–Trinajstić information content (AvgIpc) is 3.12. The fraction of sp³-hybridized carbons (Fsp3) is 0.364. The molecule has 0 saturated heterocycles. The number of fused-ring (bicyclic) bond motifs is 1. The summed E-state index contributed by atoms with van der Waals surface area (Å²) < 4.78 is 11.8. The minimum Gasteiger partial charge on any atom is -0.481 e. The van der Waals surface area contributed by atoms with E-state index in [0.29, 0.717) is 12.5 Å². The molecule has 4 rings (SSSR count). The summed E-state index contributed by atoms with van der Waals surface area (Å²) in [6, 6.07) is 16.2. The summed E-state index contributed by atoms with van der Waals surface area (Å²) in [5.41, 5.74) is 9.95. The molecule has 0 bridgehead atoms. The summed E-state index contributed by atoms with van der Waals surface area (Å²) in [6.07, 6.45) is 4.77. The third-order valence-electron chi connectivity index (χ3n) is 4.71. The third-order valence-corrected chi connectivity index (χ3v) is 4.71. The molecule has 3 N–H and O–H groups in total. The van der Waals surface area contributed by atoms with E-state index in [4.69, 9.17) is 24.8 Å². The van der Waals surface area contributed by atoms with Crippen molar-refractivity contribution in [3.63, 3.8) is 0 Å². The number of para-hydroxylation sites is 2. The van der Waals surface area contributed by atoms with Crippen LogP contribution in [0.5, 0.6) is 0 Å². The molecule has 28 heavy (non-hydrogen) atoms. The van der Waals surface area contributed by atoms with Gasteiger partial charge in [0.2, 0.25) is 5.89 Å². The first-order chi connectivity index (χ1) is 13.5. The van der Waals surface area contributed by atoms with Crippen molar-refractivity contribution in [2.45, 2.75) is 51.4 Å². The molecule has 0 amide bonds. The zero-order valence-electron chi connectivity index (χ0n) is 16.0. The van der Waals surface area contributed by atoms with Gasteiger partial charge in [0.1, 0.15) is 5.52 Å². The van der Waals surface area contributed by atoms with Crippen LogP contribution in [0.15, 0.2) is 52.9 Å². The SMILES string of the molecule is CC(=O)O.N[C@H]1CCCC[C@@H]1OCc1ccc(-c2nc3ccccc3o2)cc1. The van der Waals surface area contributed by atoms with Crippen LogP contribution in [0.25, 0.3) is 22.6 Å². The second-order valence-corrected chi connectivity index (χ2v) is 7.00. The van der Waals surface area contributed by atoms with Gasteiger partial charge in [0, 0.05) is 18.5 Å². The van der Waals surface area contributed by atoms with Gasteiger partial charge in [0.15, 0.2) is 5.58 Å².